The Hall–Kier alpha value is -3.28. The minimum Gasteiger partial charge on any atom is -0.396 e. The number of benzene rings is 1. The first-order chi connectivity index (χ1) is 13.6. The molecule has 2 heterocycles. The summed E-state index contributed by atoms with van der Waals surface area (Å²) in [5.41, 5.74) is 11.6. The van der Waals surface area contributed by atoms with E-state index in [9.17, 15) is 0 Å². The lowest BCUT2D eigenvalue weighted by molar-refractivity contribution is 0.140. The Morgan fingerprint density at radius 3 is 2.68 bits per heavy atom. The number of hydrogen-bond donors (Lipinski definition) is 1. The molecule has 0 amide bonds. The quantitative estimate of drug-likeness (QED) is 0.543. The molecule has 0 saturated heterocycles. The molecule has 1 aromatic carbocycles. The van der Waals surface area contributed by atoms with Gasteiger partial charge in [0.15, 0.2) is 0 Å². The van der Waals surface area contributed by atoms with Crippen LogP contribution in [0, 0.1) is 0 Å². The molecule has 2 N–H and O–H groups in total. The van der Waals surface area contributed by atoms with E-state index in [0.717, 1.165) is 40.9 Å². The molecule has 0 aliphatic heterocycles. The number of nitrogens with zero attached hydrogens (tertiary/aromatic N) is 4. The van der Waals surface area contributed by atoms with Crippen LogP contribution >= 0.6 is 0 Å². The van der Waals surface area contributed by atoms with Crippen LogP contribution in [0.15, 0.2) is 60.3 Å². The molecule has 0 radical (unpaired) electrons. The Balaban J connectivity index is 1.59. The van der Waals surface area contributed by atoms with Crippen LogP contribution in [0.1, 0.15) is 37.0 Å². The molecular formula is C22H23N5O. The van der Waals surface area contributed by atoms with Crippen molar-refractivity contribution in [2.24, 2.45) is 5.16 Å². The zero-order chi connectivity index (χ0) is 19.6. The second kappa shape index (κ2) is 7.38. The third kappa shape index (κ3) is 3.22. The fourth-order valence-electron chi connectivity index (χ4n) is 3.73. The zero-order valence-corrected chi connectivity index (χ0v) is 16.1. The van der Waals surface area contributed by atoms with E-state index >= 15 is 0 Å². The summed E-state index contributed by atoms with van der Waals surface area (Å²) in [6.45, 7) is 4.70. The number of anilines is 1. The number of aryl methyl sites for hydroxylation is 1. The number of nitrogen functional groups attached to an aromatic ring is 1. The largest absolute Gasteiger partial charge is 0.396 e. The van der Waals surface area contributed by atoms with Crippen molar-refractivity contribution in [3.63, 3.8) is 0 Å². The van der Waals surface area contributed by atoms with Gasteiger partial charge in [0.05, 0.1) is 11.4 Å². The predicted octanol–water partition coefficient (Wildman–Crippen LogP) is 3.77. The monoisotopic (exact) mass is 373 g/mol. The van der Waals surface area contributed by atoms with Crippen LogP contribution < -0.4 is 5.73 Å². The van der Waals surface area contributed by atoms with Gasteiger partial charge < -0.3 is 10.6 Å². The third-order valence-corrected chi connectivity index (χ3v) is 5.11. The Labute approximate surface area is 164 Å². The van der Waals surface area contributed by atoms with Gasteiger partial charge in [-0.1, -0.05) is 35.5 Å². The van der Waals surface area contributed by atoms with Crippen molar-refractivity contribution in [1.82, 2.24) is 15.0 Å². The molecular weight excluding hydrogens is 350 g/mol. The summed E-state index contributed by atoms with van der Waals surface area (Å²) in [4.78, 5) is 18.6. The van der Waals surface area contributed by atoms with Crippen LogP contribution in [0.25, 0.3) is 11.3 Å². The van der Waals surface area contributed by atoms with Crippen LogP contribution in [-0.2, 0) is 16.7 Å². The maximum atomic E-state index is 6.22. The van der Waals surface area contributed by atoms with E-state index in [2.05, 4.69) is 46.1 Å². The van der Waals surface area contributed by atoms with E-state index in [-0.39, 0.29) is 0 Å². The van der Waals surface area contributed by atoms with Crippen LogP contribution in [0.2, 0.25) is 0 Å². The van der Waals surface area contributed by atoms with E-state index in [0.29, 0.717) is 12.4 Å². The molecule has 4 rings (SSSR count). The average molecular weight is 373 g/mol. The number of nitrogens with two attached hydrogens (primary N) is 1. The van der Waals surface area contributed by atoms with Gasteiger partial charge in [0.25, 0.3) is 0 Å². The molecule has 6 nitrogen and oxygen atoms in total. The SMILES string of the molecule is CC1(C)C(=NOCCCc2cccnc2)c2ccccc2-c2ncnc(N)c21. The molecule has 2 aromatic heterocycles. The maximum absolute atomic E-state index is 6.22. The highest BCUT2D eigenvalue weighted by Gasteiger charge is 2.40. The zero-order valence-electron chi connectivity index (χ0n) is 16.1. The standard InChI is InChI=1S/C22H23N5O/c1-22(2)18-19(25-14-26-21(18)23)16-9-3-4-10-17(16)20(22)27-28-12-6-8-15-7-5-11-24-13-15/h3-5,7,9-11,13-14H,6,8,12H2,1-2H3,(H2,23,25,26). The average Bonchev–Trinajstić information content (AvgIpc) is 2.70. The summed E-state index contributed by atoms with van der Waals surface area (Å²) in [7, 11) is 0. The molecule has 6 heteroatoms. The summed E-state index contributed by atoms with van der Waals surface area (Å²) < 4.78 is 0. The van der Waals surface area contributed by atoms with Crippen molar-refractivity contribution in [3.8, 4) is 11.3 Å². The normalized spacial score (nSPS) is 15.7. The molecule has 0 spiro atoms. The van der Waals surface area contributed by atoms with Crippen molar-refractivity contribution in [2.75, 3.05) is 12.3 Å². The number of rotatable bonds is 5. The highest BCUT2D eigenvalue weighted by atomic mass is 16.6. The first kappa shape index (κ1) is 18.1. The fraction of sp³-hybridized carbons (Fsp3) is 0.273. The molecule has 28 heavy (non-hydrogen) atoms. The van der Waals surface area contributed by atoms with Gasteiger partial charge in [0.2, 0.25) is 0 Å². The number of aromatic nitrogens is 3. The van der Waals surface area contributed by atoms with E-state index in [1.165, 1.54) is 11.9 Å². The smallest absolute Gasteiger partial charge is 0.131 e. The third-order valence-electron chi connectivity index (χ3n) is 5.11. The van der Waals surface area contributed by atoms with E-state index in [1.54, 1.807) is 6.20 Å². The lowest BCUT2D eigenvalue weighted by Crippen LogP contribution is -2.36. The van der Waals surface area contributed by atoms with Gasteiger partial charge >= 0.3 is 0 Å². The van der Waals surface area contributed by atoms with Gasteiger partial charge in [-0.2, -0.15) is 0 Å². The molecule has 1 aliphatic rings. The summed E-state index contributed by atoms with van der Waals surface area (Å²) in [5, 5.41) is 4.54. The second-order valence-corrected chi connectivity index (χ2v) is 7.39. The Kier molecular flexibility index (Phi) is 4.77. The van der Waals surface area contributed by atoms with E-state index in [4.69, 9.17) is 10.6 Å². The lowest BCUT2D eigenvalue weighted by Gasteiger charge is -2.34. The van der Waals surface area contributed by atoms with Gasteiger partial charge in [-0.3, -0.25) is 4.98 Å². The van der Waals surface area contributed by atoms with Crippen molar-refractivity contribution >= 4 is 11.5 Å². The van der Waals surface area contributed by atoms with Gasteiger partial charge in [-0.15, -0.1) is 0 Å². The van der Waals surface area contributed by atoms with Crippen LogP contribution in [0.3, 0.4) is 0 Å². The Morgan fingerprint density at radius 2 is 1.89 bits per heavy atom. The highest BCUT2D eigenvalue weighted by Crippen LogP contribution is 2.44. The summed E-state index contributed by atoms with van der Waals surface area (Å²) in [5.74, 6) is 0.480. The second-order valence-electron chi connectivity index (χ2n) is 7.39. The van der Waals surface area contributed by atoms with Gasteiger partial charge in [-0.05, 0) is 38.3 Å². The van der Waals surface area contributed by atoms with Crippen molar-refractivity contribution in [3.05, 3.63) is 71.8 Å². The van der Waals surface area contributed by atoms with Crippen LogP contribution in [-0.4, -0.2) is 27.3 Å². The molecule has 0 bridgehead atoms. The predicted molar refractivity (Wildman–Crippen MR) is 110 cm³/mol. The minimum atomic E-state index is -0.460. The molecule has 0 saturated carbocycles. The molecule has 3 aromatic rings. The van der Waals surface area contributed by atoms with Crippen molar-refractivity contribution < 1.29 is 4.84 Å². The number of hydrogen-bond acceptors (Lipinski definition) is 6. The highest BCUT2D eigenvalue weighted by molar-refractivity contribution is 6.15. The summed E-state index contributed by atoms with van der Waals surface area (Å²) in [6.07, 6.45) is 6.95. The molecule has 0 unspecified atom stereocenters. The maximum Gasteiger partial charge on any atom is 0.131 e. The first-order valence-electron chi connectivity index (χ1n) is 9.39. The number of pyridine rings is 1. The minimum absolute atomic E-state index is 0.460. The Morgan fingerprint density at radius 1 is 1.07 bits per heavy atom. The molecule has 0 fully saturated rings. The summed E-state index contributed by atoms with van der Waals surface area (Å²) in [6, 6.07) is 12.1. The van der Waals surface area contributed by atoms with Gasteiger partial charge in [0.1, 0.15) is 18.8 Å². The Bertz CT molecular complexity index is 1010. The number of fused-ring (bicyclic) bond motifs is 3. The van der Waals surface area contributed by atoms with Crippen LogP contribution in [0.5, 0.6) is 0 Å². The van der Waals surface area contributed by atoms with E-state index < -0.39 is 5.41 Å². The van der Waals surface area contributed by atoms with Crippen molar-refractivity contribution in [2.45, 2.75) is 32.1 Å². The molecule has 0 atom stereocenters. The topological polar surface area (TPSA) is 86.3 Å². The van der Waals surface area contributed by atoms with Crippen molar-refractivity contribution in [1.29, 1.82) is 0 Å². The fourth-order valence-corrected chi connectivity index (χ4v) is 3.73. The lowest BCUT2D eigenvalue weighted by atomic mass is 9.70. The van der Waals surface area contributed by atoms with Gasteiger partial charge in [0, 0.05) is 34.5 Å². The van der Waals surface area contributed by atoms with E-state index in [1.807, 2.05) is 30.5 Å². The van der Waals surface area contributed by atoms with Gasteiger partial charge in [-0.25, -0.2) is 9.97 Å². The first-order valence-corrected chi connectivity index (χ1v) is 9.39. The molecule has 1 aliphatic carbocycles. The molecule has 142 valence electrons. The summed E-state index contributed by atoms with van der Waals surface area (Å²) >= 11 is 0. The van der Waals surface area contributed by atoms with Crippen LogP contribution in [0.4, 0.5) is 5.82 Å². The number of oxime groups is 1.